The first-order valence-corrected chi connectivity index (χ1v) is 8.42. The van der Waals surface area contributed by atoms with Crippen molar-refractivity contribution in [3.63, 3.8) is 0 Å². The van der Waals surface area contributed by atoms with E-state index in [1.807, 2.05) is 20.8 Å². The molecule has 21 heavy (non-hydrogen) atoms. The van der Waals surface area contributed by atoms with Crippen molar-refractivity contribution in [1.82, 2.24) is 4.90 Å². The van der Waals surface area contributed by atoms with Gasteiger partial charge in [-0.15, -0.1) is 0 Å². The van der Waals surface area contributed by atoms with Crippen LogP contribution in [0.1, 0.15) is 73.1 Å². The fourth-order valence-corrected chi connectivity index (χ4v) is 3.11. The molecule has 0 aliphatic carbocycles. The number of amides is 1. The molecule has 0 saturated carbocycles. The molecule has 0 spiro atoms. The predicted octanol–water partition coefficient (Wildman–Crippen LogP) is 3.96. The minimum atomic E-state index is -0.609. The zero-order chi connectivity index (χ0) is 16.1. The van der Waals surface area contributed by atoms with Crippen molar-refractivity contribution < 1.29 is 14.6 Å². The molecule has 1 saturated heterocycles. The van der Waals surface area contributed by atoms with Crippen LogP contribution in [-0.2, 0) is 4.74 Å². The molecule has 1 amide bonds. The summed E-state index contributed by atoms with van der Waals surface area (Å²) < 4.78 is 5.40. The first-order valence-electron chi connectivity index (χ1n) is 8.42. The number of hydrogen-bond acceptors (Lipinski definition) is 3. The van der Waals surface area contributed by atoms with E-state index in [0.29, 0.717) is 31.8 Å². The molecule has 4 nitrogen and oxygen atoms in total. The van der Waals surface area contributed by atoms with E-state index >= 15 is 0 Å². The van der Waals surface area contributed by atoms with Crippen LogP contribution in [0.5, 0.6) is 0 Å². The number of nitrogens with zero attached hydrogens (tertiary/aromatic N) is 1. The number of carbonyl (C=O) groups is 1. The second-order valence-electron chi connectivity index (χ2n) is 7.32. The molecular formula is C17H33NO3. The topological polar surface area (TPSA) is 49.8 Å². The highest BCUT2D eigenvalue weighted by Gasteiger charge is 2.40. The number of ether oxygens (including phenoxy) is 1. The Morgan fingerprint density at radius 3 is 2.29 bits per heavy atom. The van der Waals surface area contributed by atoms with Gasteiger partial charge in [-0.1, -0.05) is 33.1 Å². The van der Waals surface area contributed by atoms with Crippen LogP contribution < -0.4 is 0 Å². The second-order valence-corrected chi connectivity index (χ2v) is 7.32. The minimum Gasteiger partial charge on any atom is -0.444 e. The standard InChI is InChI=1S/C17H33NO3/c1-6-8-9-14(7-2)17(20)10-12-18(13-11-17)15(19)21-16(3,4)5/h14,20H,6-13H2,1-5H3/t14-/m1/s1. The molecule has 0 radical (unpaired) electrons. The van der Waals surface area contributed by atoms with Crippen molar-refractivity contribution in [1.29, 1.82) is 0 Å². The first-order chi connectivity index (χ1) is 9.72. The Balaban J connectivity index is 2.55. The van der Waals surface area contributed by atoms with Crippen LogP contribution in [0.25, 0.3) is 0 Å². The van der Waals surface area contributed by atoms with E-state index in [-0.39, 0.29) is 6.09 Å². The fraction of sp³-hybridized carbons (Fsp3) is 0.941. The van der Waals surface area contributed by atoms with Crippen LogP contribution >= 0.6 is 0 Å². The molecule has 1 atom stereocenters. The van der Waals surface area contributed by atoms with Crippen molar-refractivity contribution in [2.75, 3.05) is 13.1 Å². The smallest absolute Gasteiger partial charge is 0.410 e. The Kier molecular flexibility index (Phi) is 6.51. The molecule has 1 rings (SSSR count). The normalized spacial score (nSPS) is 20.2. The molecule has 0 aromatic heterocycles. The molecule has 1 fully saturated rings. The van der Waals surface area contributed by atoms with Crippen LogP contribution in [0, 0.1) is 5.92 Å². The predicted molar refractivity (Wildman–Crippen MR) is 85.3 cm³/mol. The van der Waals surface area contributed by atoms with Crippen molar-refractivity contribution in [3.8, 4) is 0 Å². The van der Waals surface area contributed by atoms with Crippen LogP contribution in [-0.4, -0.2) is 40.4 Å². The highest BCUT2D eigenvalue weighted by atomic mass is 16.6. The Morgan fingerprint density at radius 1 is 1.29 bits per heavy atom. The molecule has 0 aromatic carbocycles. The van der Waals surface area contributed by atoms with E-state index in [2.05, 4.69) is 13.8 Å². The zero-order valence-electron chi connectivity index (χ0n) is 14.4. The Bertz CT molecular complexity index is 327. The minimum absolute atomic E-state index is 0.258. The summed E-state index contributed by atoms with van der Waals surface area (Å²) in [7, 11) is 0. The summed E-state index contributed by atoms with van der Waals surface area (Å²) in [5.74, 6) is 0.346. The van der Waals surface area contributed by atoms with Crippen molar-refractivity contribution in [3.05, 3.63) is 0 Å². The molecule has 0 aromatic rings. The lowest BCUT2D eigenvalue weighted by Crippen LogP contribution is -2.51. The van der Waals surface area contributed by atoms with E-state index in [4.69, 9.17) is 4.74 Å². The van der Waals surface area contributed by atoms with Gasteiger partial charge in [-0.2, -0.15) is 0 Å². The number of piperidine rings is 1. The van der Waals surface area contributed by atoms with Crippen LogP contribution in [0.4, 0.5) is 4.79 Å². The van der Waals surface area contributed by atoms with E-state index in [1.165, 1.54) is 0 Å². The van der Waals surface area contributed by atoms with Crippen LogP contribution in [0.15, 0.2) is 0 Å². The summed E-state index contributed by atoms with van der Waals surface area (Å²) in [6.45, 7) is 11.2. The third kappa shape index (κ3) is 5.50. The van der Waals surface area contributed by atoms with Gasteiger partial charge in [-0.25, -0.2) is 4.79 Å². The lowest BCUT2D eigenvalue weighted by atomic mass is 9.76. The monoisotopic (exact) mass is 299 g/mol. The van der Waals surface area contributed by atoms with Gasteiger partial charge in [-0.3, -0.25) is 0 Å². The number of rotatable bonds is 5. The third-order valence-electron chi connectivity index (χ3n) is 4.44. The molecular weight excluding hydrogens is 266 g/mol. The van der Waals surface area contributed by atoms with Gasteiger partial charge in [0.2, 0.25) is 0 Å². The quantitative estimate of drug-likeness (QED) is 0.836. The first kappa shape index (κ1) is 18.3. The van der Waals surface area contributed by atoms with E-state index in [9.17, 15) is 9.90 Å². The molecule has 0 bridgehead atoms. The number of carbonyl (C=O) groups excluding carboxylic acids is 1. The van der Waals surface area contributed by atoms with Crippen molar-refractivity contribution >= 4 is 6.09 Å². The van der Waals surface area contributed by atoms with Gasteiger partial charge in [0, 0.05) is 13.1 Å². The number of aliphatic hydroxyl groups is 1. The summed E-state index contributed by atoms with van der Waals surface area (Å²) in [5.41, 5.74) is -1.07. The Hall–Kier alpha value is -0.770. The van der Waals surface area contributed by atoms with Gasteiger partial charge in [0.05, 0.1) is 5.60 Å². The number of unbranched alkanes of at least 4 members (excludes halogenated alkanes) is 1. The second kappa shape index (κ2) is 7.48. The fourth-order valence-electron chi connectivity index (χ4n) is 3.11. The van der Waals surface area contributed by atoms with Crippen molar-refractivity contribution in [2.45, 2.75) is 84.3 Å². The van der Waals surface area contributed by atoms with Crippen molar-refractivity contribution in [2.24, 2.45) is 5.92 Å². The van der Waals surface area contributed by atoms with E-state index in [0.717, 1.165) is 25.7 Å². The largest absolute Gasteiger partial charge is 0.444 e. The van der Waals surface area contributed by atoms with Gasteiger partial charge in [0.25, 0.3) is 0 Å². The van der Waals surface area contributed by atoms with Gasteiger partial charge < -0.3 is 14.7 Å². The Morgan fingerprint density at radius 2 is 1.86 bits per heavy atom. The molecule has 4 heteroatoms. The summed E-state index contributed by atoms with van der Waals surface area (Å²) in [4.78, 5) is 13.8. The van der Waals surface area contributed by atoms with Gasteiger partial charge in [0.1, 0.15) is 5.60 Å². The molecule has 1 aliphatic heterocycles. The molecule has 0 unspecified atom stereocenters. The molecule has 1 aliphatic rings. The molecule has 1 heterocycles. The van der Waals surface area contributed by atoms with Gasteiger partial charge in [-0.05, 0) is 46.0 Å². The maximum Gasteiger partial charge on any atom is 0.410 e. The maximum absolute atomic E-state index is 12.1. The summed E-state index contributed by atoms with van der Waals surface area (Å²) in [6, 6.07) is 0. The lowest BCUT2D eigenvalue weighted by molar-refractivity contribution is -0.0729. The molecule has 124 valence electrons. The summed E-state index contributed by atoms with van der Waals surface area (Å²) >= 11 is 0. The Labute approximate surface area is 129 Å². The highest BCUT2D eigenvalue weighted by Crippen LogP contribution is 2.35. The number of hydrogen-bond donors (Lipinski definition) is 1. The van der Waals surface area contributed by atoms with Gasteiger partial charge >= 0.3 is 6.09 Å². The highest BCUT2D eigenvalue weighted by molar-refractivity contribution is 5.68. The van der Waals surface area contributed by atoms with E-state index < -0.39 is 11.2 Å². The van der Waals surface area contributed by atoms with Crippen LogP contribution in [0.2, 0.25) is 0 Å². The zero-order valence-corrected chi connectivity index (χ0v) is 14.4. The molecule has 1 N–H and O–H groups in total. The summed E-state index contributed by atoms with van der Waals surface area (Å²) in [6.07, 6.45) is 5.47. The number of likely N-dealkylation sites (tertiary alicyclic amines) is 1. The average molecular weight is 299 g/mol. The average Bonchev–Trinajstić information content (AvgIpc) is 2.38. The SMILES string of the molecule is CCCC[C@@H](CC)C1(O)CCN(C(=O)OC(C)(C)C)CC1. The van der Waals surface area contributed by atoms with E-state index in [1.54, 1.807) is 4.90 Å². The van der Waals surface area contributed by atoms with Gasteiger partial charge in [0.15, 0.2) is 0 Å². The third-order valence-corrected chi connectivity index (χ3v) is 4.44. The lowest BCUT2D eigenvalue weighted by Gasteiger charge is -2.43. The maximum atomic E-state index is 12.1. The van der Waals surface area contributed by atoms with Crippen LogP contribution in [0.3, 0.4) is 0 Å². The summed E-state index contributed by atoms with van der Waals surface area (Å²) in [5, 5.41) is 10.9.